The van der Waals surface area contributed by atoms with Gasteiger partial charge in [-0.1, -0.05) is 58.4 Å². The Morgan fingerprint density at radius 1 is 1.08 bits per heavy atom. The van der Waals surface area contributed by atoms with E-state index >= 15 is 0 Å². The molecule has 0 aliphatic carbocycles. The highest BCUT2D eigenvalue weighted by atomic mass is 79.9. The maximum Gasteiger partial charge on any atom is 0.313 e. The first-order valence-corrected chi connectivity index (χ1v) is 19.5. The van der Waals surface area contributed by atoms with E-state index in [1.165, 1.54) is 4.90 Å². The number of aliphatic hydroxyl groups is 1. The molecule has 3 aliphatic heterocycles. The van der Waals surface area contributed by atoms with E-state index < -0.39 is 47.7 Å². The van der Waals surface area contributed by atoms with Crippen molar-refractivity contribution >= 4 is 51.0 Å². The number of amides is 3. The fourth-order valence-electron chi connectivity index (χ4n) is 8.31. The molecule has 3 amide bonds. The minimum absolute atomic E-state index is 0.108. The second-order valence-electron chi connectivity index (χ2n) is 14.0. The molecule has 1 spiro atoms. The number of alkyl halides is 1. The molecule has 3 heterocycles. The zero-order valence-electron chi connectivity index (χ0n) is 31.2. The Hall–Kier alpha value is -4.00. The van der Waals surface area contributed by atoms with Crippen LogP contribution in [0, 0.1) is 11.8 Å². The number of ether oxygens (including phenoxy) is 2. The number of nitrogens with zero attached hydrogens (tertiary/aromatic N) is 4. The second-order valence-corrected chi connectivity index (χ2v) is 15.2. The zero-order valence-corrected chi connectivity index (χ0v) is 32.8. The lowest BCUT2D eigenvalue weighted by Crippen LogP contribution is -2.57. The van der Waals surface area contributed by atoms with Crippen LogP contribution in [0.2, 0.25) is 0 Å². The molecule has 5 rings (SSSR count). The Bertz CT molecular complexity index is 1640. The van der Waals surface area contributed by atoms with Crippen molar-refractivity contribution in [1.82, 2.24) is 9.80 Å². The Labute approximate surface area is 321 Å². The first kappa shape index (κ1) is 40.2. The zero-order chi connectivity index (χ0) is 38.4. The average Bonchev–Trinajstić information content (AvgIpc) is 3.77. The molecule has 2 aromatic rings. The molecule has 2 bridgehead atoms. The number of anilines is 2. The molecule has 8 atom stereocenters. The molecule has 0 saturated carbocycles. The number of benzene rings is 2. The number of rotatable bonds is 18. The third-order valence-electron chi connectivity index (χ3n) is 11.1. The standard InChI is InChI=1S/C41H53BrN4O7/c1-7-11-18-32(48)43(6)27(5)35(28-16-13-12-14-17-28)52-40(51)33-34-38(49)46(24-15-25-47)37(41(34)26-31(42)36(33)53-41)39(50)45(23-8-2)30-21-19-29(20-22-30)44(9-3)10-4/h7-8,12-14,16-17,19-22,27,31,33-37,47H,1-2,9-11,15,18,23-26H2,3-6H3/t27-,31?,33-,34+,35+,36-,37-,41+/m0/s1. The summed E-state index contributed by atoms with van der Waals surface area (Å²) in [6.45, 7) is 15.4. The van der Waals surface area contributed by atoms with E-state index in [9.17, 15) is 24.3 Å². The number of carbonyl (C=O) groups is 4. The van der Waals surface area contributed by atoms with Gasteiger partial charge in [-0.3, -0.25) is 19.2 Å². The number of carbonyl (C=O) groups excluding carboxylic acids is 4. The van der Waals surface area contributed by atoms with E-state index in [-0.39, 0.29) is 55.1 Å². The van der Waals surface area contributed by atoms with E-state index in [0.717, 1.165) is 18.8 Å². The van der Waals surface area contributed by atoms with Gasteiger partial charge in [-0.2, -0.15) is 0 Å². The average molecular weight is 794 g/mol. The minimum Gasteiger partial charge on any atom is -0.455 e. The van der Waals surface area contributed by atoms with Gasteiger partial charge in [-0.15, -0.1) is 13.2 Å². The monoisotopic (exact) mass is 792 g/mol. The molecule has 3 aliphatic rings. The van der Waals surface area contributed by atoms with Gasteiger partial charge in [0.1, 0.15) is 17.7 Å². The van der Waals surface area contributed by atoms with Crippen LogP contribution >= 0.6 is 15.9 Å². The van der Waals surface area contributed by atoms with Gasteiger partial charge in [0.2, 0.25) is 11.8 Å². The molecule has 3 saturated heterocycles. The number of hydrogen-bond acceptors (Lipinski definition) is 8. The quantitative estimate of drug-likeness (QED) is 0.123. The lowest BCUT2D eigenvalue weighted by atomic mass is 9.70. The van der Waals surface area contributed by atoms with Crippen molar-refractivity contribution in [2.75, 3.05) is 49.6 Å². The molecule has 0 radical (unpaired) electrons. The molecule has 11 nitrogen and oxygen atoms in total. The van der Waals surface area contributed by atoms with Crippen LogP contribution in [0.3, 0.4) is 0 Å². The van der Waals surface area contributed by atoms with Crippen molar-refractivity contribution in [3.63, 3.8) is 0 Å². The van der Waals surface area contributed by atoms with Crippen LogP contribution in [0.4, 0.5) is 11.4 Å². The van der Waals surface area contributed by atoms with Crippen molar-refractivity contribution in [2.45, 2.75) is 81.2 Å². The Morgan fingerprint density at radius 2 is 1.74 bits per heavy atom. The molecule has 2 aromatic carbocycles. The van der Waals surface area contributed by atoms with Crippen molar-refractivity contribution in [2.24, 2.45) is 11.8 Å². The molecule has 0 aromatic heterocycles. The van der Waals surface area contributed by atoms with Crippen LogP contribution in [0.1, 0.15) is 58.1 Å². The molecule has 12 heteroatoms. The first-order chi connectivity index (χ1) is 25.5. The summed E-state index contributed by atoms with van der Waals surface area (Å²) in [4.78, 5) is 63.7. The van der Waals surface area contributed by atoms with E-state index in [1.54, 1.807) is 29.0 Å². The third kappa shape index (κ3) is 7.68. The maximum absolute atomic E-state index is 14.9. The predicted octanol–water partition coefficient (Wildman–Crippen LogP) is 5.28. The lowest BCUT2D eigenvalue weighted by Gasteiger charge is -2.37. The van der Waals surface area contributed by atoms with Gasteiger partial charge in [-0.05, 0) is 69.9 Å². The van der Waals surface area contributed by atoms with Gasteiger partial charge in [0, 0.05) is 62.5 Å². The van der Waals surface area contributed by atoms with Gasteiger partial charge < -0.3 is 34.2 Å². The summed E-state index contributed by atoms with van der Waals surface area (Å²) in [6.07, 6.45) is 3.12. The molecule has 1 unspecified atom stereocenters. The molecule has 1 N–H and O–H groups in total. The van der Waals surface area contributed by atoms with Crippen molar-refractivity contribution < 1.29 is 33.8 Å². The predicted molar refractivity (Wildman–Crippen MR) is 209 cm³/mol. The van der Waals surface area contributed by atoms with E-state index in [0.29, 0.717) is 24.1 Å². The largest absolute Gasteiger partial charge is 0.455 e. The summed E-state index contributed by atoms with van der Waals surface area (Å²) < 4.78 is 13.1. The topological polar surface area (TPSA) is 120 Å². The smallest absolute Gasteiger partial charge is 0.313 e. The number of allylic oxidation sites excluding steroid dienone is 1. The van der Waals surface area contributed by atoms with Gasteiger partial charge in [0.15, 0.2) is 0 Å². The van der Waals surface area contributed by atoms with E-state index in [4.69, 9.17) is 9.47 Å². The number of likely N-dealkylation sites (N-methyl/N-ethyl adjacent to an activating group) is 1. The van der Waals surface area contributed by atoms with Crippen LogP contribution in [0.15, 0.2) is 79.9 Å². The number of esters is 1. The van der Waals surface area contributed by atoms with Gasteiger partial charge in [0.25, 0.3) is 5.91 Å². The van der Waals surface area contributed by atoms with Crippen LogP contribution in [-0.2, 0) is 28.7 Å². The van der Waals surface area contributed by atoms with Crippen LogP contribution in [-0.4, -0.2) is 107 Å². The van der Waals surface area contributed by atoms with Gasteiger partial charge >= 0.3 is 5.97 Å². The lowest BCUT2D eigenvalue weighted by molar-refractivity contribution is -0.164. The molecular weight excluding hydrogens is 740 g/mol. The van der Waals surface area contributed by atoms with Crippen LogP contribution in [0.25, 0.3) is 0 Å². The Kier molecular flexibility index (Phi) is 13.2. The summed E-state index contributed by atoms with van der Waals surface area (Å²) >= 11 is 3.75. The summed E-state index contributed by atoms with van der Waals surface area (Å²) in [7, 11) is 1.69. The molecule has 3 fully saturated rings. The third-order valence-corrected chi connectivity index (χ3v) is 11.9. The summed E-state index contributed by atoms with van der Waals surface area (Å²) in [6, 6.07) is 15.4. The van der Waals surface area contributed by atoms with Crippen molar-refractivity contribution in [3.05, 3.63) is 85.5 Å². The summed E-state index contributed by atoms with van der Waals surface area (Å²) in [5, 5.41) is 9.83. The van der Waals surface area contributed by atoms with Gasteiger partial charge in [-0.25, -0.2) is 0 Å². The molecular formula is C41H53BrN4O7. The SMILES string of the molecule is C=CCCC(=O)N(C)[C@@H](C)[C@@H](OC(=O)[C@@H]1[C@H]2O[C@@]3(CC2Br)[C@H](C(=O)N(CC=C)c2ccc(N(CC)CC)cc2)N(CCCO)C(=O)[C@@H]13)c1ccccc1. The molecule has 53 heavy (non-hydrogen) atoms. The summed E-state index contributed by atoms with van der Waals surface area (Å²) in [5.74, 6) is -3.48. The minimum atomic E-state index is -1.32. The maximum atomic E-state index is 14.9. The highest BCUT2D eigenvalue weighted by molar-refractivity contribution is 9.09. The normalized spacial score (nSPS) is 25.4. The number of likely N-dealkylation sites (tertiary alicyclic amines) is 1. The number of hydrogen-bond donors (Lipinski definition) is 1. The summed E-state index contributed by atoms with van der Waals surface area (Å²) in [5.41, 5.74) is 1.05. The fraction of sp³-hybridized carbons (Fsp3) is 0.512. The first-order valence-electron chi connectivity index (χ1n) is 18.6. The number of halogens is 1. The highest BCUT2D eigenvalue weighted by Gasteiger charge is 2.77. The number of aliphatic hydroxyl groups excluding tert-OH is 1. The van der Waals surface area contributed by atoms with E-state index in [2.05, 4.69) is 47.8 Å². The highest BCUT2D eigenvalue weighted by Crippen LogP contribution is 2.60. The Morgan fingerprint density at radius 3 is 2.34 bits per heavy atom. The van der Waals surface area contributed by atoms with E-state index in [1.807, 2.05) is 61.5 Å². The van der Waals surface area contributed by atoms with Crippen molar-refractivity contribution in [3.8, 4) is 0 Å². The number of fused-ring (bicyclic) bond motifs is 1. The van der Waals surface area contributed by atoms with Crippen molar-refractivity contribution in [1.29, 1.82) is 0 Å². The van der Waals surface area contributed by atoms with Gasteiger partial charge in [0.05, 0.1) is 24.0 Å². The van der Waals surface area contributed by atoms with Crippen LogP contribution in [0.5, 0.6) is 0 Å². The fourth-order valence-corrected chi connectivity index (χ4v) is 9.26. The Balaban J connectivity index is 1.50. The second kappa shape index (κ2) is 17.4. The molecule has 286 valence electrons. The van der Waals surface area contributed by atoms with Crippen LogP contribution < -0.4 is 9.80 Å².